The molecule has 3 rings (SSSR count). The molecule has 2 N–H and O–H groups in total. The summed E-state index contributed by atoms with van der Waals surface area (Å²) < 4.78 is 5.02. The van der Waals surface area contributed by atoms with E-state index in [2.05, 4.69) is 9.98 Å². The maximum Gasteiger partial charge on any atom is 0.355 e. The molecule has 1 atom stereocenters. The normalized spacial score (nSPS) is 18.7. The van der Waals surface area contributed by atoms with Gasteiger partial charge >= 0.3 is 5.97 Å². The Kier molecular flexibility index (Phi) is 4.17. The van der Waals surface area contributed by atoms with Crippen LogP contribution in [0.2, 0.25) is 5.15 Å². The first kappa shape index (κ1) is 16.3. The van der Waals surface area contributed by atoms with Crippen LogP contribution < -0.4 is 5.73 Å². The number of ketones is 1. The van der Waals surface area contributed by atoms with Gasteiger partial charge in [0.2, 0.25) is 0 Å². The first-order valence-electron chi connectivity index (χ1n) is 7.29. The highest BCUT2D eigenvalue weighted by Crippen LogP contribution is 2.39. The number of hydrogen-bond donors (Lipinski definition) is 1. The number of nitrogens with zero attached hydrogens (tertiary/aromatic N) is 2. The number of pyridine rings is 1. The third-order valence-corrected chi connectivity index (χ3v) is 3.96. The Morgan fingerprint density at radius 2 is 2.04 bits per heavy atom. The van der Waals surface area contributed by atoms with E-state index >= 15 is 0 Å². The molecule has 0 radical (unpaired) electrons. The molecule has 24 heavy (non-hydrogen) atoms. The van der Waals surface area contributed by atoms with Crippen LogP contribution in [0.5, 0.6) is 0 Å². The monoisotopic (exact) mass is 343 g/mol. The number of aromatic nitrogens is 1. The number of carbonyl (C=O) groups is 2. The van der Waals surface area contributed by atoms with Crippen molar-refractivity contribution in [2.24, 2.45) is 10.7 Å². The summed E-state index contributed by atoms with van der Waals surface area (Å²) in [6.07, 6.45) is 1.40. The highest BCUT2D eigenvalue weighted by Gasteiger charge is 2.50. The Labute approximate surface area is 143 Å². The number of fused-ring (bicyclic) bond motifs is 1. The van der Waals surface area contributed by atoms with E-state index in [-0.39, 0.29) is 23.0 Å². The lowest BCUT2D eigenvalue weighted by molar-refractivity contribution is -0.135. The Morgan fingerprint density at radius 1 is 1.29 bits per heavy atom. The highest BCUT2D eigenvalue weighted by atomic mass is 35.5. The molecular weight excluding hydrogens is 330 g/mol. The molecule has 7 heteroatoms. The van der Waals surface area contributed by atoms with Crippen molar-refractivity contribution in [2.75, 3.05) is 6.61 Å². The fraction of sp³-hybridized carbons (Fsp3) is 0.176. The van der Waals surface area contributed by atoms with Crippen molar-refractivity contribution < 1.29 is 14.3 Å². The molecule has 1 aromatic carbocycles. The minimum Gasteiger partial charge on any atom is -0.461 e. The number of benzene rings is 1. The molecule has 1 aliphatic heterocycles. The predicted molar refractivity (Wildman–Crippen MR) is 89.6 cm³/mol. The summed E-state index contributed by atoms with van der Waals surface area (Å²) in [4.78, 5) is 33.5. The predicted octanol–water partition coefficient (Wildman–Crippen LogP) is 2.42. The molecule has 1 aliphatic rings. The molecule has 0 saturated carbocycles. The van der Waals surface area contributed by atoms with Gasteiger partial charge in [-0.2, -0.15) is 0 Å². The van der Waals surface area contributed by atoms with Gasteiger partial charge in [0.25, 0.3) is 0 Å². The van der Waals surface area contributed by atoms with Crippen LogP contribution in [-0.4, -0.2) is 29.1 Å². The molecule has 6 nitrogen and oxygen atoms in total. The Balaban J connectivity index is 2.15. The number of carbonyl (C=O) groups excluding carboxylic acids is 2. The van der Waals surface area contributed by atoms with E-state index in [9.17, 15) is 9.59 Å². The number of para-hydroxylation sites is 1. The molecule has 2 aromatic rings. The van der Waals surface area contributed by atoms with Gasteiger partial charge in [-0.3, -0.25) is 4.79 Å². The Bertz CT molecular complexity index is 866. The van der Waals surface area contributed by atoms with Crippen LogP contribution in [0.3, 0.4) is 0 Å². The van der Waals surface area contributed by atoms with Crippen molar-refractivity contribution in [1.82, 2.24) is 4.98 Å². The Hall–Kier alpha value is -2.57. The zero-order valence-electron chi connectivity index (χ0n) is 12.8. The molecule has 0 bridgehead atoms. The van der Waals surface area contributed by atoms with Crippen LogP contribution in [0, 0.1) is 0 Å². The summed E-state index contributed by atoms with van der Waals surface area (Å²) in [5.41, 5.74) is 5.72. The summed E-state index contributed by atoms with van der Waals surface area (Å²) in [5, 5.41) is 0.158. The summed E-state index contributed by atoms with van der Waals surface area (Å²) in [6.45, 7) is 1.82. The lowest BCUT2D eigenvalue weighted by atomic mass is 9.81. The lowest BCUT2D eigenvalue weighted by Gasteiger charge is -2.25. The highest BCUT2D eigenvalue weighted by molar-refractivity contribution is 6.48. The summed E-state index contributed by atoms with van der Waals surface area (Å²) >= 11 is 5.86. The van der Waals surface area contributed by atoms with Gasteiger partial charge in [0.1, 0.15) is 5.15 Å². The van der Waals surface area contributed by atoms with Crippen molar-refractivity contribution in [3.8, 4) is 0 Å². The molecule has 0 fully saturated rings. The molecule has 0 amide bonds. The van der Waals surface area contributed by atoms with Gasteiger partial charge in [0.15, 0.2) is 17.0 Å². The molecule has 122 valence electrons. The van der Waals surface area contributed by atoms with Crippen molar-refractivity contribution in [2.45, 2.75) is 12.5 Å². The molecular formula is C17H14ClN3O3. The first-order chi connectivity index (χ1) is 11.5. The van der Waals surface area contributed by atoms with E-state index in [0.717, 1.165) is 0 Å². The van der Waals surface area contributed by atoms with Gasteiger partial charge < -0.3 is 10.5 Å². The number of aliphatic imine (C=N–C) groups is 1. The third-order valence-electron chi connectivity index (χ3n) is 3.75. The average Bonchev–Trinajstić information content (AvgIpc) is 2.89. The third kappa shape index (κ3) is 2.50. The first-order valence-corrected chi connectivity index (χ1v) is 7.67. The van der Waals surface area contributed by atoms with Gasteiger partial charge in [0, 0.05) is 17.3 Å². The second kappa shape index (κ2) is 6.14. The van der Waals surface area contributed by atoms with Crippen LogP contribution in [0.1, 0.15) is 22.8 Å². The number of ether oxygens (including phenoxy) is 1. The molecule has 2 heterocycles. The fourth-order valence-electron chi connectivity index (χ4n) is 2.65. The summed E-state index contributed by atoms with van der Waals surface area (Å²) in [7, 11) is 0. The van der Waals surface area contributed by atoms with Gasteiger partial charge in [-0.15, -0.1) is 0 Å². The fourth-order valence-corrected chi connectivity index (χ4v) is 2.82. The quantitative estimate of drug-likeness (QED) is 0.522. The van der Waals surface area contributed by atoms with E-state index in [1.807, 2.05) is 0 Å². The number of Topliss-reactive ketones (excluding diaryl/α,β-unsaturated/α-hetero) is 1. The number of hydrogen-bond acceptors (Lipinski definition) is 6. The topological polar surface area (TPSA) is 94.6 Å². The van der Waals surface area contributed by atoms with E-state index in [0.29, 0.717) is 11.3 Å². The van der Waals surface area contributed by atoms with Gasteiger partial charge in [0.05, 0.1) is 12.3 Å². The molecule has 0 spiro atoms. The minimum absolute atomic E-state index is 0.136. The van der Waals surface area contributed by atoms with Crippen LogP contribution in [-0.2, 0) is 15.1 Å². The van der Waals surface area contributed by atoms with Crippen molar-refractivity contribution in [3.05, 3.63) is 58.9 Å². The zero-order chi connectivity index (χ0) is 17.3. The smallest absolute Gasteiger partial charge is 0.355 e. The van der Waals surface area contributed by atoms with Crippen LogP contribution in [0.25, 0.3) is 0 Å². The number of halogens is 1. The van der Waals surface area contributed by atoms with Gasteiger partial charge in [-0.25, -0.2) is 14.8 Å². The largest absolute Gasteiger partial charge is 0.461 e. The van der Waals surface area contributed by atoms with E-state index in [4.69, 9.17) is 22.1 Å². The minimum atomic E-state index is -1.73. The van der Waals surface area contributed by atoms with E-state index < -0.39 is 17.3 Å². The standard InChI is InChI=1S/C17H14ClN3O3/c1-2-24-16(23)14-17(19,11-5-3-4-6-12(11)21-14)15(22)10-7-8-20-13(18)9-10/h3-9H,2,19H2,1H3. The van der Waals surface area contributed by atoms with Crippen molar-refractivity contribution >= 4 is 34.8 Å². The van der Waals surface area contributed by atoms with Gasteiger partial charge in [-0.1, -0.05) is 29.8 Å². The van der Waals surface area contributed by atoms with Crippen LogP contribution in [0.15, 0.2) is 47.6 Å². The molecule has 1 aromatic heterocycles. The number of esters is 1. The number of nitrogens with two attached hydrogens (primary N) is 1. The van der Waals surface area contributed by atoms with Crippen LogP contribution in [0.4, 0.5) is 5.69 Å². The summed E-state index contributed by atoms with van der Waals surface area (Å²) in [6, 6.07) is 9.75. The molecule has 0 saturated heterocycles. The summed E-state index contributed by atoms with van der Waals surface area (Å²) in [5.74, 6) is -1.21. The van der Waals surface area contributed by atoms with Crippen molar-refractivity contribution in [3.63, 3.8) is 0 Å². The maximum absolute atomic E-state index is 13.1. The lowest BCUT2D eigenvalue weighted by Crippen LogP contribution is -2.53. The maximum atomic E-state index is 13.1. The molecule has 0 aliphatic carbocycles. The van der Waals surface area contributed by atoms with E-state index in [1.54, 1.807) is 31.2 Å². The second-order valence-electron chi connectivity index (χ2n) is 5.20. The number of rotatable bonds is 4. The van der Waals surface area contributed by atoms with Crippen LogP contribution >= 0.6 is 11.6 Å². The zero-order valence-corrected chi connectivity index (χ0v) is 13.6. The average molecular weight is 344 g/mol. The van der Waals surface area contributed by atoms with Gasteiger partial charge in [-0.05, 0) is 25.1 Å². The van der Waals surface area contributed by atoms with Crippen molar-refractivity contribution in [1.29, 1.82) is 0 Å². The Morgan fingerprint density at radius 3 is 2.75 bits per heavy atom. The SMILES string of the molecule is CCOC(=O)C1=Nc2ccccc2C1(N)C(=O)c1ccnc(Cl)c1. The second-order valence-corrected chi connectivity index (χ2v) is 5.59. The molecule has 1 unspecified atom stereocenters. The van der Waals surface area contributed by atoms with E-state index in [1.165, 1.54) is 18.3 Å².